The molecule has 8 heteroatoms. The summed E-state index contributed by atoms with van der Waals surface area (Å²) in [5, 5.41) is 20.5. The molecule has 0 saturated heterocycles. The number of hydrogen-bond donors (Lipinski definition) is 1. The van der Waals surface area contributed by atoms with Gasteiger partial charge in [-0.3, -0.25) is 14.2 Å². The number of aryl methyl sites for hydroxylation is 1. The van der Waals surface area contributed by atoms with Crippen molar-refractivity contribution in [2.45, 2.75) is 33.7 Å². The predicted octanol–water partition coefficient (Wildman–Crippen LogP) is 3.38. The summed E-state index contributed by atoms with van der Waals surface area (Å²) in [6.45, 7) is 5.80. The zero-order valence-electron chi connectivity index (χ0n) is 16.6. The first kappa shape index (κ1) is 22.5. The van der Waals surface area contributed by atoms with Crippen LogP contribution < -0.4 is 10.3 Å². The van der Waals surface area contributed by atoms with Crippen LogP contribution in [0.3, 0.4) is 0 Å². The number of nitriles is 1. The minimum Gasteiger partial charge on any atom is -0.494 e. The molecule has 0 saturated carbocycles. The van der Waals surface area contributed by atoms with Crippen LogP contribution in [0.25, 0.3) is 0 Å². The van der Waals surface area contributed by atoms with Gasteiger partial charge in [-0.25, -0.2) is 0 Å². The molecule has 0 atom stereocenters. The molecule has 7 nitrogen and oxygen atoms in total. The second-order valence-corrected chi connectivity index (χ2v) is 6.85. The third-order valence-corrected chi connectivity index (χ3v) is 4.88. The van der Waals surface area contributed by atoms with Crippen molar-refractivity contribution in [1.29, 1.82) is 5.26 Å². The van der Waals surface area contributed by atoms with Gasteiger partial charge in [-0.2, -0.15) is 5.26 Å². The Morgan fingerprint density at radius 3 is 2.69 bits per heavy atom. The van der Waals surface area contributed by atoms with Crippen molar-refractivity contribution in [3.05, 3.63) is 55.8 Å². The van der Waals surface area contributed by atoms with Gasteiger partial charge in [0.1, 0.15) is 17.4 Å². The number of nitrogens with zero attached hydrogens (tertiary/aromatic N) is 2. The Kier molecular flexibility index (Phi) is 7.82. The van der Waals surface area contributed by atoms with E-state index in [0.717, 1.165) is 10.1 Å². The molecule has 1 aromatic heterocycles. The van der Waals surface area contributed by atoms with Crippen LogP contribution >= 0.6 is 11.6 Å². The first-order valence-corrected chi connectivity index (χ1v) is 9.55. The van der Waals surface area contributed by atoms with Gasteiger partial charge in [0.05, 0.1) is 5.56 Å². The summed E-state index contributed by atoms with van der Waals surface area (Å²) in [6, 6.07) is 6.81. The average Bonchev–Trinajstić information content (AvgIpc) is 2.68. The molecule has 0 spiro atoms. The Morgan fingerprint density at radius 2 is 2.07 bits per heavy atom. The number of rotatable bonds is 9. The number of hydrogen-bond acceptors (Lipinski definition) is 6. The van der Waals surface area contributed by atoms with E-state index in [1.165, 1.54) is 6.92 Å². The Hall–Kier alpha value is -2.82. The van der Waals surface area contributed by atoms with Gasteiger partial charge >= 0.3 is 0 Å². The van der Waals surface area contributed by atoms with Gasteiger partial charge in [-0.15, -0.1) is 0 Å². The minimum absolute atomic E-state index is 0.0942. The second kappa shape index (κ2) is 10.1. The monoisotopic (exact) mass is 418 g/mol. The van der Waals surface area contributed by atoms with Crippen molar-refractivity contribution in [3.8, 4) is 17.7 Å². The summed E-state index contributed by atoms with van der Waals surface area (Å²) in [4.78, 5) is 25.3. The van der Waals surface area contributed by atoms with E-state index in [4.69, 9.17) is 21.1 Å². The fourth-order valence-corrected chi connectivity index (χ4v) is 3.01. The molecule has 0 bridgehead atoms. The van der Waals surface area contributed by atoms with E-state index in [0.29, 0.717) is 30.4 Å². The van der Waals surface area contributed by atoms with Crippen molar-refractivity contribution in [3.63, 3.8) is 0 Å². The highest BCUT2D eigenvalue weighted by atomic mass is 35.5. The first-order valence-electron chi connectivity index (χ1n) is 9.18. The van der Waals surface area contributed by atoms with E-state index in [-0.39, 0.29) is 29.8 Å². The summed E-state index contributed by atoms with van der Waals surface area (Å²) < 4.78 is 11.8. The number of Topliss-reactive ketones (excluding diaryl/α,β-unsaturated/α-hetero) is 1. The van der Waals surface area contributed by atoms with Crippen LogP contribution in [0.2, 0.25) is 5.02 Å². The first-order chi connectivity index (χ1) is 13.8. The van der Waals surface area contributed by atoms with Crippen LogP contribution in [-0.2, 0) is 11.3 Å². The number of aromatic hydroxyl groups is 1. The predicted molar refractivity (Wildman–Crippen MR) is 109 cm³/mol. The van der Waals surface area contributed by atoms with Gasteiger partial charge in [0, 0.05) is 24.8 Å². The van der Waals surface area contributed by atoms with Crippen LogP contribution in [-0.4, -0.2) is 35.3 Å². The van der Waals surface area contributed by atoms with Crippen LogP contribution in [0.15, 0.2) is 23.0 Å². The quantitative estimate of drug-likeness (QED) is 0.494. The van der Waals surface area contributed by atoms with Gasteiger partial charge in [0.25, 0.3) is 5.56 Å². The number of aromatic nitrogens is 1. The van der Waals surface area contributed by atoms with E-state index in [2.05, 4.69) is 0 Å². The molecule has 0 amide bonds. The molecule has 0 aliphatic heterocycles. The largest absolute Gasteiger partial charge is 0.494 e. The van der Waals surface area contributed by atoms with Gasteiger partial charge in [-0.05, 0) is 56.5 Å². The molecule has 0 aliphatic carbocycles. The van der Waals surface area contributed by atoms with Crippen molar-refractivity contribution in [2.75, 3.05) is 19.8 Å². The number of carbonyl (C=O) groups excluding carboxylic acids is 1. The highest BCUT2D eigenvalue weighted by Gasteiger charge is 2.24. The van der Waals surface area contributed by atoms with Crippen LogP contribution in [0.5, 0.6) is 11.6 Å². The van der Waals surface area contributed by atoms with Gasteiger partial charge in [0.2, 0.25) is 11.7 Å². The maximum atomic E-state index is 12.8. The number of carbonyl (C=O) groups is 1. The van der Waals surface area contributed by atoms with E-state index < -0.39 is 17.2 Å². The number of pyridine rings is 1. The molecule has 2 aromatic rings. The normalized spacial score (nSPS) is 10.6. The molecule has 0 unspecified atom stereocenters. The zero-order chi connectivity index (χ0) is 21.6. The Labute approximate surface area is 174 Å². The minimum atomic E-state index is -0.634. The van der Waals surface area contributed by atoms with Crippen molar-refractivity contribution in [2.24, 2.45) is 0 Å². The molecular weight excluding hydrogens is 396 g/mol. The molecular formula is C21H23ClN2O5. The SMILES string of the molecule is CCOCCCn1c(O)c(C(=O)COc2ccc(Cl)c(C)c2)c(C)c(C#N)c1=O. The Bertz CT molecular complexity index is 1010. The Balaban J connectivity index is 2.32. The van der Waals surface area contributed by atoms with Crippen molar-refractivity contribution in [1.82, 2.24) is 4.57 Å². The van der Waals surface area contributed by atoms with Crippen LogP contribution in [0.4, 0.5) is 0 Å². The van der Waals surface area contributed by atoms with E-state index in [9.17, 15) is 20.0 Å². The number of ether oxygens (including phenoxy) is 2. The van der Waals surface area contributed by atoms with Gasteiger partial charge < -0.3 is 14.6 Å². The molecule has 2 rings (SSSR count). The average molecular weight is 419 g/mol. The molecule has 154 valence electrons. The highest BCUT2D eigenvalue weighted by molar-refractivity contribution is 6.31. The molecule has 1 heterocycles. The third kappa shape index (κ3) is 5.17. The second-order valence-electron chi connectivity index (χ2n) is 6.44. The molecule has 1 N–H and O–H groups in total. The summed E-state index contributed by atoms with van der Waals surface area (Å²) in [6.07, 6.45) is 0.448. The standard InChI is InChI=1S/C21H23ClN2O5/c1-4-28-9-5-8-24-20(26)16(11-23)14(3)19(21(24)27)18(25)12-29-15-6-7-17(22)13(2)10-15/h6-7,10,27H,4-5,8-9,12H2,1-3H3. The molecule has 0 aliphatic rings. The maximum absolute atomic E-state index is 12.8. The van der Waals surface area contributed by atoms with E-state index in [1.807, 2.05) is 19.9 Å². The van der Waals surface area contributed by atoms with Crippen LogP contribution in [0.1, 0.15) is 40.4 Å². The lowest BCUT2D eigenvalue weighted by Gasteiger charge is -2.16. The summed E-state index contributed by atoms with van der Waals surface area (Å²) >= 11 is 5.98. The smallest absolute Gasteiger partial charge is 0.271 e. The lowest BCUT2D eigenvalue weighted by molar-refractivity contribution is 0.0916. The third-order valence-electron chi connectivity index (χ3n) is 4.45. The summed E-state index contributed by atoms with van der Waals surface area (Å²) in [5.74, 6) is -0.561. The number of ketones is 1. The van der Waals surface area contributed by atoms with Crippen molar-refractivity contribution >= 4 is 17.4 Å². The topological polar surface area (TPSA) is 102 Å². The summed E-state index contributed by atoms with van der Waals surface area (Å²) in [5.41, 5.74) is 0.0279. The number of benzene rings is 1. The molecule has 0 fully saturated rings. The lowest BCUT2D eigenvalue weighted by Crippen LogP contribution is -2.28. The van der Waals surface area contributed by atoms with E-state index >= 15 is 0 Å². The Morgan fingerprint density at radius 1 is 1.34 bits per heavy atom. The van der Waals surface area contributed by atoms with Crippen molar-refractivity contribution < 1.29 is 19.4 Å². The van der Waals surface area contributed by atoms with Gasteiger partial charge in [0.15, 0.2) is 6.61 Å². The number of halogens is 1. The molecule has 1 aromatic carbocycles. The lowest BCUT2D eigenvalue weighted by atomic mass is 10.0. The molecule has 0 radical (unpaired) electrons. The fraction of sp³-hybridized carbons (Fsp3) is 0.381. The zero-order valence-corrected chi connectivity index (χ0v) is 17.4. The van der Waals surface area contributed by atoms with Gasteiger partial charge in [-0.1, -0.05) is 11.6 Å². The molecule has 29 heavy (non-hydrogen) atoms. The van der Waals surface area contributed by atoms with Crippen LogP contribution in [0, 0.1) is 25.2 Å². The maximum Gasteiger partial charge on any atom is 0.271 e. The highest BCUT2D eigenvalue weighted by Crippen LogP contribution is 2.24. The summed E-state index contributed by atoms with van der Waals surface area (Å²) in [7, 11) is 0. The fourth-order valence-electron chi connectivity index (χ4n) is 2.89. The van der Waals surface area contributed by atoms with E-state index in [1.54, 1.807) is 18.2 Å².